The molecule has 0 radical (unpaired) electrons. The van der Waals surface area contributed by atoms with Gasteiger partial charge in [0, 0.05) is 16.5 Å². The van der Waals surface area contributed by atoms with Crippen LogP contribution in [0.3, 0.4) is 0 Å². The summed E-state index contributed by atoms with van der Waals surface area (Å²) in [7, 11) is -3.68. The molecule has 0 N–H and O–H groups in total. The molecule has 1 fully saturated rings. The van der Waals surface area contributed by atoms with Crippen LogP contribution in [0.4, 0.5) is 10.5 Å². The maximum Gasteiger partial charge on any atom is 0.412 e. The van der Waals surface area contributed by atoms with E-state index in [0.717, 1.165) is 4.90 Å². The van der Waals surface area contributed by atoms with Gasteiger partial charge in [-0.1, -0.05) is 24.6 Å². The molecule has 1 unspecified atom stereocenters. The third-order valence-electron chi connectivity index (χ3n) is 4.23. The second-order valence-electron chi connectivity index (χ2n) is 7.40. The van der Waals surface area contributed by atoms with Crippen LogP contribution in [0.1, 0.15) is 34.6 Å². The number of carbonyl (C=O) groups excluding carboxylic acids is 2. The van der Waals surface area contributed by atoms with Crippen molar-refractivity contribution < 1.29 is 22.7 Å². The number of hydrogen-bond donors (Lipinski definition) is 0. The number of nitrogens with zero attached hydrogens (tertiary/aromatic N) is 2. The Morgan fingerprint density at radius 2 is 1.96 bits per heavy atom. The van der Waals surface area contributed by atoms with Crippen LogP contribution in [0.15, 0.2) is 24.3 Å². The number of anilines is 1. The number of rotatable bonds is 3. The molecular formula is C18H25ClN2O5S. The quantitative estimate of drug-likeness (QED) is 0.756. The van der Waals surface area contributed by atoms with Gasteiger partial charge in [-0.3, -0.25) is 9.69 Å². The summed E-state index contributed by atoms with van der Waals surface area (Å²) in [5, 5.41) is -0.776. The summed E-state index contributed by atoms with van der Waals surface area (Å²) in [5.41, 5.74) is -0.329. The highest BCUT2D eigenvalue weighted by atomic mass is 35.5. The fourth-order valence-electron chi connectivity index (χ4n) is 2.87. The number of carbonyl (C=O) groups is 2. The normalized spacial score (nSPS) is 21.3. The Balaban J connectivity index is 2.48. The van der Waals surface area contributed by atoms with Gasteiger partial charge in [0.15, 0.2) is 15.2 Å². The molecule has 0 saturated carbocycles. The van der Waals surface area contributed by atoms with Gasteiger partial charge in [0.25, 0.3) is 0 Å². The number of amides is 2. The van der Waals surface area contributed by atoms with Crippen LogP contribution in [-0.2, 0) is 19.4 Å². The molecule has 2 rings (SSSR count). The van der Waals surface area contributed by atoms with Crippen molar-refractivity contribution >= 4 is 39.1 Å². The summed E-state index contributed by atoms with van der Waals surface area (Å²) in [6.07, 6.45) is -0.823. The molecule has 0 bridgehead atoms. The van der Waals surface area contributed by atoms with Gasteiger partial charge in [0.1, 0.15) is 11.6 Å². The van der Waals surface area contributed by atoms with Crippen LogP contribution in [-0.4, -0.2) is 54.6 Å². The zero-order valence-electron chi connectivity index (χ0n) is 16.1. The first-order chi connectivity index (χ1) is 12.4. The number of halogens is 1. The van der Waals surface area contributed by atoms with Crippen LogP contribution in [0, 0.1) is 0 Å². The monoisotopic (exact) mass is 416 g/mol. The standard InChI is InChI=1S/C18H25ClN2O5S/c1-6-27(24,25)15-11-20(14-9-7-8-13(19)10-14)16(22)12(2)21(15)17(23)26-18(3,4)5/h7-10,12,15H,6,11H2,1-5H3/t12-,15?/m1/s1. The van der Waals surface area contributed by atoms with E-state index in [1.54, 1.807) is 45.0 Å². The van der Waals surface area contributed by atoms with Gasteiger partial charge in [-0.2, -0.15) is 0 Å². The van der Waals surface area contributed by atoms with Crippen LogP contribution in [0.25, 0.3) is 0 Å². The highest BCUT2D eigenvalue weighted by Gasteiger charge is 2.47. The fraction of sp³-hybridized carbons (Fsp3) is 0.556. The number of piperazine rings is 1. The molecule has 0 aliphatic carbocycles. The molecule has 27 heavy (non-hydrogen) atoms. The van der Waals surface area contributed by atoms with Crippen molar-refractivity contribution in [2.45, 2.75) is 51.6 Å². The highest BCUT2D eigenvalue weighted by Crippen LogP contribution is 2.29. The molecule has 1 aromatic rings. The Morgan fingerprint density at radius 3 is 2.48 bits per heavy atom. The molecule has 2 atom stereocenters. The van der Waals surface area contributed by atoms with E-state index in [9.17, 15) is 18.0 Å². The van der Waals surface area contributed by atoms with Gasteiger partial charge in [-0.25, -0.2) is 13.2 Å². The fourth-order valence-corrected chi connectivity index (χ4v) is 4.43. The van der Waals surface area contributed by atoms with E-state index < -0.39 is 38.9 Å². The molecule has 1 saturated heterocycles. The van der Waals surface area contributed by atoms with Gasteiger partial charge in [-0.05, 0) is 45.9 Å². The number of hydrogen-bond acceptors (Lipinski definition) is 5. The molecule has 150 valence electrons. The van der Waals surface area contributed by atoms with Gasteiger partial charge in [-0.15, -0.1) is 0 Å². The van der Waals surface area contributed by atoms with E-state index in [0.29, 0.717) is 10.7 Å². The van der Waals surface area contributed by atoms with Crippen molar-refractivity contribution in [3.05, 3.63) is 29.3 Å². The summed E-state index contributed by atoms with van der Waals surface area (Å²) < 4.78 is 30.8. The van der Waals surface area contributed by atoms with Crippen molar-refractivity contribution in [2.24, 2.45) is 0 Å². The third kappa shape index (κ3) is 4.73. The lowest BCUT2D eigenvalue weighted by Gasteiger charge is -2.44. The molecule has 0 aromatic heterocycles. The molecule has 9 heteroatoms. The SMILES string of the molecule is CCS(=O)(=O)C1CN(c2cccc(Cl)c2)C(=O)[C@@H](C)N1C(=O)OC(C)(C)C. The minimum absolute atomic E-state index is 0.165. The Labute approximate surface area is 165 Å². The van der Waals surface area contributed by atoms with Gasteiger partial charge < -0.3 is 9.64 Å². The van der Waals surface area contributed by atoms with E-state index in [2.05, 4.69) is 0 Å². The molecule has 1 aliphatic rings. The van der Waals surface area contributed by atoms with E-state index in [-0.39, 0.29) is 12.3 Å². The van der Waals surface area contributed by atoms with Crippen molar-refractivity contribution in [1.82, 2.24) is 4.90 Å². The van der Waals surface area contributed by atoms with Crippen LogP contribution < -0.4 is 4.90 Å². The van der Waals surface area contributed by atoms with Gasteiger partial charge in [0.05, 0.1) is 6.54 Å². The van der Waals surface area contributed by atoms with Crippen molar-refractivity contribution in [3.63, 3.8) is 0 Å². The Bertz CT molecular complexity index is 834. The summed E-state index contributed by atoms with van der Waals surface area (Å²) >= 11 is 6.01. The molecule has 1 heterocycles. The van der Waals surface area contributed by atoms with Crippen LogP contribution in [0.5, 0.6) is 0 Å². The molecule has 1 aliphatic heterocycles. The molecular weight excluding hydrogens is 392 g/mol. The zero-order valence-corrected chi connectivity index (χ0v) is 17.7. The summed E-state index contributed by atoms with van der Waals surface area (Å²) in [6, 6.07) is 5.61. The van der Waals surface area contributed by atoms with E-state index in [1.807, 2.05) is 0 Å². The number of ether oxygens (including phenoxy) is 1. The average molecular weight is 417 g/mol. The van der Waals surface area contributed by atoms with Gasteiger partial charge >= 0.3 is 6.09 Å². The Kier molecular flexibility index (Phi) is 6.11. The average Bonchev–Trinajstić information content (AvgIpc) is 2.55. The zero-order chi connectivity index (χ0) is 20.6. The summed E-state index contributed by atoms with van der Waals surface area (Å²) in [5.74, 6) is -0.563. The maximum absolute atomic E-state index is 12.9. The minimum atomic E-state index is -3.68. The maximum atomic E-state index is 12.9. The van der Waals surface area contributed by atoms with Crippen molar-refractivity contribution in [2.75, 3.05) is 17.2 Å². The first-order valence-electron chi connectivity index (χ1n) is 8.67. The highest BCUT2D eigenvalue weighted by molar-refractivity contribution is 7.92. The lowest BCUT2D eigenvalue weighted by Crippen LogP contribution is -2.65. The van der Waals surface area contributed by atoms with Crippen molar-refractivity contribution in [3.8, 4) is 0 Å². The van der Waals surface area contributed by atoms with E-state index >= 15 is 0 Å². The van der Waals surface area contributed by atoms with Crippen molar-refractivity contribution in [1.29, 1.82) is 0 Å². The first-order valence-corrected chi connectivity index (χ1v) is 10.8. The predicted octanol–water partition coefficient (Wildman–Crippen LogP) is 3.07. The largest absolute Gasteiger partial charge is 0.444 e. The van der Waals surface area contributed by atoms with Crippen LogP contribution >= 0.6 is 11.6 Å². The second-order valence-corrected chi connectivity index (χ2v) is 10.3. The molecule has 0 spiro atoms. The topological polar surface area (TPSA) is 84.0 Å². The number of benzene rings is 1. The summed E-state index contributed by atoms with van der Waals surface area (Å²) in [6.45, 7) is 7.88. The van der Waals surface area contributed by atoms with Crippen LogP contribution in [0.2, 0.25) is 5.02 Å². The van der Waals surface area contributed by atoms with E-state index in [1.165, 1.54) is 18.7 Å². The minimum Gasteiger partial charge on any atom is -0.444 e. The van der Waals surface area contributed by atoms with E-state index in [4.69, 9.17) is 16.3 Å². The lowest BCUT2D eigenvalue weighted by atomic mass is 10.1. The smallest absolute Gasteiger partial charge is 0.412 e. The Hall–Kier alpha value is -1.80. The Morgan fingerprint density at radius 1 is 1.33 bits per heavy atom. The lowest BCUT2D eigenvalue weighted by molar-refractivity contribution is -0.125. The second kappa shape index (κ2) is 7.67. The number of sulfone groups is 1. The third-order valence-corrected chi connectivity index (χ3v) is 6.48. The molecule has 7 nitrogen and oxygen atoms in total. The molecule has 1 aromatic carbocycles. The van der Waals surface area contributed by atoms with Gasteiger partial charge in [0.2, 0.25) is 5.91 Å². The summed E-state index contributed by atoms with van der Waals surface area (Å²) in [4.78, 5) is 28.0. The molecule has 2 amide bonds. The first kappa shape index (κ1) is 21.5. The predicted molar refractivity (Wildman–Crippen MR) is 105 cm³/mol.